The molecule has 0 radical (unpaired) electrons. The summed E-state index contributed by atoms with van der Waals surface area (Å²) >= 11 is 0. The number of hydrogen-bond donors (Lipinski definition) is 1. The molecule has 0 heterocycles. The van der Waals surface area contributed by atoms with Crippen LogP contribution in [-0.4, -0.2) is 50.1 Å². The van der Waals surface area contributed by atoms with Crippen LogP contribution in [0.2, 0.25) is 0 Å². The molecule has 6 aliphatic carbocycles. The van der Waals surface area contributed by atoms with E-state index in [-0.39, 0.29) is 12.4 Å². The first kappa shape index (κ1) is 24.0. The predicted octanol–water partition coefficient (Wildman–Crippen LogP) is 1.83. The van der Waals surface area contributed by atoms with Gasteiger partial charge < -0.3 is 19.4 Å². The Morgan fingerprint density at radius 2 is 1.56 bits per heavy atom. The summed E-state index contributed by atoms with van der Waals surface area (Å²) in [4.78, 5) is 38.3. The number of hydrogen-bond acceptors (Lipinski definition) is 9. The zero-order valence-corrected chi connectivity index (χ0v) is 20.2. The van der Waals surface area contributed by atoms with Crippen molar-refractivity contribution in [2.24, 2.45) is 46.7 Å². The van der Waals surface area contributed by atoms with Gasteiger partial charge in [0.05, 0.1) is 17.1 Å². The van der Waals surface area contributed by atoms with Crippen molar-refractivity contribution in [1.82, 2.24) is 0 Å². The maximum atomic E-state index is 14.6. The fourth-order valence-corrected chi connectivity index (χ4v) is 8.19. The van der Waals surface area contributed by atoms with Gasteiger partial charge in [-0.2, -0.15) is 8.42 Å². The Bertz CT molecular complexity index is 979. The lowest BCUT2D eigenvalue weighted by atomic mass is 9.49. The Morgan fingerprint density at radius 1 is 1.00 bits per heavy atom. The highest BCUT2D eigenvalue weighted by molar-refractivity contribution is 7.87. The zero-order chi connectivity index (χ0) is 24.6. The number of esters is 2. The van der Waals surface area contributed by atoms with Gasteiger partial charge in [-0.15, -0.1) is 0 Å². The van der Waals surface area contributed by atoms with Gasteiger partial charge in [0.1, 0.15) is 6.17 Å². The van der Waals surface area contributed by atoms with Crippen LogP contribution >= 0.6 is 0 Å². The largest absolute Gasteiger partial charge is 0.425 e. The summed E-state index contributed by atoms with van der Waals surface area (Å²) in [5.41, 5.74) is 3.26. The average Bonchev–Trinajstić information content (AvgIpc) is 3.39. The minimum Gasteiger partial charge on any atom is -0.425 e. The molecular weight excluding hydrogens is 469 g/mol. The molecular formula is C23H32FNO8S. The van der Waals surface area contributed by atoms with Crippen molar-refractivity contribution in [3.05, 3.63) is 0 Å². The monoisotopic (exact) mass is 501 g/mol. The molecule has 190 valence electrons. The maximum Gasteiger partial charge on any atom is 0.345 e. The number of alkyl halides is 1. The summed E-state index contributed by atoms with van der Waals surface area (Å²) in [6.45, 7) is 2.74. The topological polar surface area (TPSA) is 139 Å². The van der Waals surface area contributed by atoms with Crippen LogP contribution < -0.4 is 5.73 Å². The number of nitrogens with two attached hydrogens (primary N) is 1. The number of rotatable bonds is 7. The minimum absolute atomic E-state index is 0.177. The second-order valence-corrected chi connectivity index (χ2v) is 13.0. The highest BCUT2D eigenvalue weighted by Crippen LogP contribution is 2.63. The van der Waals surface area contributed by atoms with E-state index in [9.17, 15) is 27.2 Å². The van der Waals surface area contributed by atoms with E-state index in [0.29, 0.717) is 17.8 Å². The van der Waals surface area contributed by atoms with Gasteiger partial charge in [0.2, 0.25) is 6.29 Å². The van der Waals surface area contributed by atoms with Crippen molar-refractivity contribution < 1.29 is 40.8 Å². The normalized spacial score (nSPS) is 44.8. The molecule has 0 aromatic carbocycles. The molecule has 0 aliphatic heterocycles. The molecule has 0 saturated heterocycles. The van der Waals surface area contributed by atoms with E-state index in [4.69, 9.17) is 15.2 Å². The number of halogens is 1. The van der Waals surface area contributed by atoms with Gasteiger partial charge in [0.15, 0.2) is 5.54 Å². The summed E-state index contributed by atoms with van der Waals surface area (Å²) in [5, 5.41) is 0. The summed E-state index contributed by atoms with van der Waals surface area (Å²) in [6.07, 6.45) is 2.86. The molecule has 6 rings (SSSR count). The van der Waals surface area contributed by atoms with Crippen molar-refractivity contribution in [3.63, 3.8) is 0 Å². The van der Waals surface area contributed by atoms with Crippen LogP contribution in [-0.2, 0) is 38.2 Å². The van der Waals surface area contributed by atoms with Gasteiger partial charge in [-0.25, -0.2) is 9.18 Å². The highest BCUT2D eigenvalue weighted by Gasteiger charge is 2.75. The van der Waals surface area contributed by atoms with Crippen molar-refractivity contribution in [1.29, 1.82) is 0 Å². The van der Waals surface area contributed by atoms with Crippen LogP contribution in [0.4, 0.5) is 4.39 Å². The number of ether oxygens (including phenoxy) is 2. The summed E-state index contributed by atoms with van der Waals surface area (Å²) < 4.78 is 53.3. The van der Waals surface area contributed by atoms with Gasteiger partial charge in [0.25, 0.3) is 0 Å². The van der Waals surface area contributed by atoms with E-state index in [0.717, 1.165) is 19.3 Å². The Balaban J connectivity index is 1.19. The molecule has 0 spiro atoms. The van der Waals surface area contributed by atoms with Crippen LogP contribution in [0.3, 0.4) is 0 Å². The van der Waals surface area contributed by atoms with Gasteiger partial charge in [0, 0.05) is 12.8 Å². The van der Waals surface area contributed by atoms with Crippen LogP contribution in [0, 0.1) is 40.9 Å². The number of carbonyl (C=O) groups excluding carboxylic acids is 3. The molecule has 11 heteroatoms. The zero-order valence-electron chi connectivity index (χ0n) is 19.4. The summed E-state index contributed by atoms with van der Waals surface area (Å²) in [5.74, 6) is -3.63. The summed E-state index contributed by atoms with van der Waals surface area (Å²) in [6, 6.07) is 0. The predicted molar refractivity (Wildman–Crippen MR) is 115 cm³/mol. The average molecular weight is 502 g/mol. The van der Waals surface area contributed by atoms with Crippen molar-refractivity contribution in [2.45, 2.75) is 76.8 Å². The number of carbonyl (C=O) groups is 3. The number of fused-ring (bicyclic) bond motifs is 1. The van der Waals surface area contributed by atoms with Crippen LogP contribution in [0.5, 0.6) is 0 Å². The Kier molecular flexibility index (Phi) is 5.55. The Morgan fingerprint density at radius 3 is 2.09 bits per heavy atom. The Hall–Kier alpha value is -1.75. The molecule has 0 amide bonds. The first-order chi connectivity index (χ1) is 15.9. The highest BCUT2D eigenvalue weighted by atomic mass is 32.2. The van der Waals surface area contributed by atoms with Gasteiger partial charge in [-0.05, 0) is 75.5 Å². The maximum absolute atomic E-state index is 14.6. The Labute approximate surface area is 198 Å². The smallest absolute Gasteiger partial charge is 0.345 e. The van der Waals surface area contributed by atoms with Gasteiger partial charge in [-0.3, -0.25) is 9.59 Å². The second-order valence-electron chi connectivity index (χ2n) is 11.2. The van der Waals surface area contributed by atoms with E-state index in [1.165, 1.54) is 33.1 Å². The fourth-order valence-electron chi connectivity index (χ4n) is 7.70. The summed E-state index contributed by atoms with van der Waals surface area (Å²) in [7, 11) is -4.18. The van der Waals surface area contributed by atoms with Crippen molar-refractivity contribution in [2.75, 3.05) is 5.75 Å². The SMILES string of the molecule is CCS(=O)(=O)OC(=O)[C@@]1(N)[C@H]2[C@@H](C[C@@H]1F)[C@@H]2C(=O)O[C@H](C)OC(=O)C12CC3CC(CC(C3)C1)C2. The van der Waals surface area contributed by atoms with Crippen LogP contribution in [0.25, 0.3) is 0 Å². The molecule has 0 aromatic rings. The van der Waals surface area contributed by atoms with E-state index in [2.05, 4.69) is 4.18 Å². The first-order valence-corrected chi connectivity index (χ1v) is 13.8. The molecule has 0 unspecified atom stereocenters. The third kappa shape index (κ3) is 3.73. The van der Waals surface area contributed by atoms with Crippen molar-refractivity contribution in [3.8, 4) is 0 Å². The molecule has 2 N–H and O–H groups in total. The molecule has 9 nitrogen and oxygen atoms in total. The van der Waals surface area contributed by atoms with Crippen LogP contribution in [0.15, 0.2) is 0 Å². The standard InChI is InChI=1S/C23H32FNO8S/c1-3-34(29,30)33-21(28)23(25)16(24)7-15-17(18(15)23)19(26)31-11(2)32-20(27)22-8-12-4-13(9-22)6-14(5-12)10-22/h11-18H,3-10,25H2,1-2H3/t11-,12?,13?,14?,15-,16-,17-,18-,22?,23-/m0/s1. The lowest BCUT2D eigenvalue weighted by Crippen LogP contribution is -2.57. The van der Waals surface area contributed by atoms with E-state index >= 15 is 0 Å². The quantitative estimate of drug-likeness (QED) is 0.314. The van der Waals surface area contributed by atoms with E-state index in [1.807, 2.05) is 0 Å². The molecule has 0 aromatic heterocycles. The molecule has 6 atom stereocenters. The lowest BCUT2D eigenvalue weighted by Gasteiger charge is -2.55. The minimum atomic E-state index is -4.18. The molecule has 4 bridgehead atoms. The van der Waals surface area contributed by atoms with Gasteiger partial charge >= 0.3 is 28.0 Å². The van der Waals surface area contributed by atoms with Crippen molar-refractivity contribution >= 4 is 28.0 Å². The molecule has 6 saturated carbocycles. The second kappa shape index (κ2) is 7.88. The van der Waals surface area contributed by atoms with Crippen LogP contribution in [0.1, 0.15) is 58.8 Å². The van der Waals surface area contributed by atoms with E-state index in [1.54, 1.807) is 0 Å². The first-order valence-electron chi connectivity index (χ1n) is 12.2. The van der Waals surface area contributed by atoms with E-state index < -0.39 is 69.0 Å². The molecule has 6 fully saturated rings. The third-order valence-corrected chi connectivity index (χ3v) is 10.0. The molecule has 34 heavy (non-hydrogen) atoms. The van der Waals surface area contributed by atoms with Gasteiger partial charge in [-0.1, -0.05) is 0 Å². The lowest BCUT2D eigenvalue weighted by molar-refractivity contribution is -0.202. The fraction of sp³-hybridized carbons (Fsp3) is 0.870. The third-order valence-electron chi connectivity index (χ3n) is 8.93. The molecule has 6 aliphatic rings.